The summed E-state index contributed by atoms with van der Waals surface area (Å²) in [5.74, 6) is 0.547. The van der Waals surface area contributed by atoms with Crippen molar-refractivity contribution in [3.8, 4) is 11.5 Å². The van der Waals surface area contributed by atoms with Gasteiger partial charge in [0.05, 0.1) is 12.1 Å². The quantitative estimate of drug-likeness (QED) is 0.296. The first kappa shape index (κ1) is 24.1. The van der Waals surface area contributed by atoms with Crippen LogP contribution >= 0.6 is 0 Å². The first-order valence-electron chi connectivity index (χ1n) is 12.6. The molecule has 6 rings (SSSR count). The van der Waals surface area contributed by atoms with E-state index in [1.165, 1.54) is 29.8 Å². The summed E-state index contributed by atoms with van der Waals surface area (Å²) in [5, 5.41) is 6.46. The first-order valence-corrected chi connectivity index (χ1v) is 12.6. The fourth-order valence-corrected chi connectivity index (χ4v) is 4.73. The Morgan fingerprint density at radius 1 is 0.921 bits per heavy atom. The molecule has 1 aliphatic heterocycles. The third-order valence-corrected chi connectivity index (χ3v) is 7.19. The molecule has 7 nitrogen and oxygen atoms in total. The lowest BCUT2D eigenvalue weighted by Gasteiger charge is -2.16. The summed E-state index contributed by atoms with van der Waals surface area (Å²) in [6.07, 6.45) is 3.66. The summed E-state index contributed by atoms with van der Waals surface area (Å²) in [6.45, 7) is 1.53. The molecule has 1 aliphatic carbocycles. The second kappa shape index (κ2) is 9.87. The van der Waals surface area contributed by atoms with Crippen molar-refractivity contribution in [3.63, 3.8) is 0 Å². The highest BCUT2D eigenvalue weighted by Crippen LogP contribution is 2.47. The Balaban J connectivity index is 1.11. The zero-order valence-electron chi connectivity index (χ0n) is 20.6. The van der Waals surface area contributed by atoms with Crippen LogP contribution in [0.2, 0.25) is 0 Å². The number of hydrogen-bond donors (Lipinski definition) is 2. The minimum Gasteiger partial charge on any atom is -0.457 e. The molecule has 8 heteroatoms. The molecule has 2 amide bonds. The molecule has 1 atom stereocenters. The first-order chi connectivity index (χ1) is 18.5. The smallest absolute Gasteiger partial charge is 0.240 e. The highest BCUT2D eigenvalue weighted by molar-refractivity contribution is 6.16. The number of nitrogens with one attached hydrogen (secondary N) is 2. The zero-order valence-corrected chi connectivity index (χ0v) is 20.6. The summed E-state index contributed by atoms with van der Waals surface area (Å²) >= 11 is 0. The number of aromatic nitrogens is 1. The van der Waals surface area contributed by atoms with Gasteiger partial charge in [0, 0.05) is 35.5 Å². The summed E-state index contributed by atoms with van der Waals surface area (Å²) in [7, 11) is 0. The van der Waals surface area contributed by atoms with Crippen LogP contribution in [0, 0.1) is 11.2 Å². The lowest BCUT2D eigenvalue weighted by molar-refractivity contribution is -0.131. The van der Waals surface area contributed by atoms with Crippen molar-refractivity contribution in [2.24, 2.45) is 5.41 Å². The van der Waals surface area contributed by atoms with Crippen LogP contribution in [0.3, 0.4) is 0 Å². The lowest BCUT2D eigenvalue weighted by atomic mass is 9.97. The average Bonchev–Trinajstić information content (AvgIpc) is 3.57. The number of fused-ring (bicyclic) bond motifs is 1. The number of carbonyl (C=O) groups is 2. The van der Waals surface area contributed by atoms with Crippen LogP contribution in [-0.4, -0.2) is 30.0 Å². The van der Waals surface area contributed by atoms with E-state index in [1.807, 2.05) is 12.1 Å². The summed E-state index contributed by atoms with van der Waals surface area (Å²) < 4.78 is 24.8. The maximum atomic E-state index is 13.1. The fourth-order valence-electron chi connectivity index (χ4n) is 4.73. The Bertz CT molecular complexity index is 1490. The van der Waals surface area contributed by atoms with Crippen LogP contribution in [0.1, 0.15) is 30.7 Å². The average molecular weight is 512 g/mol. The van der Waals surface area contributed by atoms with Gasteiger partial charge in [0.2, 0.25) is 11.8 Å². The number of benzene rings is 3. The van der Waals surface area contributed by atoms with Crippen LogP contribution in [0.25, 0.3) is 10.9 Å². The number of pyridine rings is 1. The van der Waals surface area contributed by atoms with Gasteiger partial charge >= 0.3 is 0 Å². The maximum absolute atomic E-state index is 13.1. The SMILES string of the molecule is O=C(Nc1ccc(F)cc1)C1(C(=O)Nc2ccc(Oc3ccnc4cc([C@@H]5CCOC5)ccc34)cc2)CC1. The minimum atomic E-state index is -1.12. The molecule has 2 heterocycles. The minimum absolute atomic E-state index is 0.366. The Labute approximate surface area is 219 Å². The van der Waals surface area contributed by atoms with Crippen LogP contribution in [0.15, 0.2) is 79.0 Å². The van der Waals surface area contributed by atoms with E-state index >= 15 is 0 Å². The normalized spacial score (nSPS) is 17.7. The molecule has 0 spiro atoms. The molecule has 2 fully saturated rings. The van der Waals surface area contributed by atoms with E-state index < -0.39 is 17.1 Å². The number of carbonyl (C=O) groups excluding carboxylic acids is 2. The number of anilines is 2. The number of rotatable bonds is 7. The molecule has 0 bridgehead atoms. The van der Waals surface area contributed by atoms with E-state index in [1.54, 1.807) is 30.5 Å². The predicted octanol–water partition coefficient (Wildman–Crippen LogP) is 6.03. The van der Waals surface area contributed by atoms with Crippen molar-refractivity contribution < 1.29 is 23.5 Å². The van der Waals surface area contributed by atoms with Crippen molar-refractivity contribution in [2.75, 3.05) is 23.8 Å². The van der Waals surface area contributed by atoms with Crippen molar-refractivity contribution in [1.82, 2.24) is 4.98 Å². The topological polar surface area (TPSA) is 89.6 Å². The summed E-state index contributed by atoms with van der Waals surface area (Å²) in [5.41, 5.74) is 1.97. The molecule has 0 radical (unpaired) electrons. The lowest BCUT2D eigenvalue weighted by Crippen LogP contribution is -2.35. The molecule has 2 aliphatic rings. The summed E-state index contributed by atoms with van der Waals surface area (Å²) in [6, 6.07) is 20.5. The highest BCUT2D eigenvalue weighted by atomic mass is 19.1. The third-order valence-electron chi connectivity index (χ3n) is 7.19. The monoisotopic (exact) mass is 511 g/mol. The molecule has 192 valence electrons. The van der Waals surface area contributed by atoms with Crippen LogP contribution in [-0.2, 0) is 14.3 Å². The van der Waals surface area contributed by atoms with Crippen LogP contribution < -0.4 is 15.4 Å². The number of nitrogens with zero attached hydrogens (tertiary/aromatic N) is 1. The van der Waals surface area contributed by atoms with Gasteiger partial charge in [0.25, 0.3) is 0 Å². The Morgan fingerprint density at radius 3 is 2.24 bits per heavy atom. The van der Waals surface area contributed by atoms with Crippen LogP contribution in [0.4, 0.5) is 15.8 Å². The van der Waals surface area contributed by atoms with Crippen molar-refractivity contribution in [3.05, 3.63) is 90.4 Å². The van der Waals surface area contributed by atoms with Gasteiger partial charge in [-0.15, -0.1) is 0 Å². The second-order valence-corrected chi connectivity index (χ2v) is 9.77. The van der Waals surface area contributed by atoms with Gasteiger partial charge in [-0.1, -0.05) is 6.07 Å². The fraction of sp³-hybridized carbons (Fsp3) is 0.233. The van der Waals surface area contributed by atoms with E-state index in [0.29, 0.717) is 41.6 Å². The van der Waals surface area contributed by atoms with Gasteiger partial charge in [0.1, 0.15) is 22.7 Å². The van der Waals surface area contributed by atoms with E-state index in [-0.39, 0.29) is 5.91 Å². The highest BCUT2D eigenvalue weighted by Gasteiger charge is 2.56. The molecule has 1 aromatic heterocycles. The zero-order chi connectivity index (χ0) is 26.1. The van der Waals surface area contributed by atoms with Gasteiger partial charge in [-0.3, -0.25) is 14.6 Å². The van der Waals surface area contributed by atoms with Crippen LogP contribution in [0.5, 0.6) is 11.5 Å². The molecule has 38 heavy (non-hydrogen) atoms. The molecule has 2 N–H and O–H groups in total. The second-order valence-electron chi connectivity index (χ2n) is 9.77. The maximum Gasteiger partial charge on any atom is 0.240 e. The molecule has 0 unspecified atom stereocenters. The Kier molecular flexibility index (Phi) is 6.25. The largest absolute Gasteiger partial charge is 0.457 e. The van der Waals surface area contributed by atoms with Gasteiger partial charge in [0.15, 0.2) is 0 Å². The molecule has 1 saturated carbocycles. The van der Waals surface area contributed by atoms with Gasteiger partial charge in [-0.05, 0) is 91.6 Å². The molecular weight excluding hydrogens is 485 g/mol. The molecule has 3 aromatic carbocycles. The number of ether oxygens (including phenoxy) is 2. The van der Waals surface area contributed by atoms with E-state index in [4.69, 9.17) is 9.47 Å². The third kappa shape index (κ3) is 4.82. The van der Waals surface area contributed by atoms with Crippen molar-refractivity contribution in [2.45, 2.75) is 25.2 Å². The van der Waals surface area contributed by atoms with Crippen molar-refractivity contribution >= 4 is 34.1 Å². The number of amides is 2. The molecule has 1 saturated heterocycles. The predicted molar refractivity (Wildman–Crippen MR) is 142 cm³/mol. The van der Waals surface area contributed by atoms with E-state index in [0.717, 1.165) is 30.5 Å². The van der Waals surface area contributed by atoms with Gasteiger partial charge in [-0.25, -0.2) is 4.39 Å². The summed E-state index contributed by atoms with van der Waals surface area (Å²) in [4.78, 5) is 30.2. The van der Waals surface area contributed by atoms with Gasteiger partial charge in [-0.2, -0.15) is 0 Å². The number of hydrogen-bond acceptors (Lipinski definition) is 5. The number of halogens is 1. The molecule has 4 aromatic rings. The molecular formula is C30H26FN3O4. The van der Waals surface area contributed by atoms with Crippen molar-refractivity contribution in [1.29, 1.82) is 0 Å². The Hall–Kier alpha value is -4.30. The van der Waals surface area contributed by atoms with E-state index in [2.05, 4.69) is 27.8 Å². The van der Waals surface area contributed by atoms with E-state index in [9.17, 15) is 14.0 Å². The Morgan fingerprint density at radius 2 is 1.61 bits per heavy atom. The standard InChI is InChI=1S/C30H26FN3O4/c31-21-2-4-22(5-3-21)33-28(35)30(13-14-30)29(36)34-23-6-8-24(9-7-23)38-27-11-15-32-26-17-19(1-10-25(26)27)20-12-16-37-18-20/h1-11,15,17,20H,12-14,16,18H2,(H,33,35)(H,34,36)/t20-/m1/s1. The van der Waals surface area contributed by atoms with Gasteiger partial charge < -0.3 is 20.1 Å².